The van der Waals surface area contributed by atoms with Crippen LogP contribution in [0.2, 0.25) is 0 Å². The summed E-state index contributed by atoms with van der Waals surface area (Å²) in [6.45, 7) is 0. The zero-order chi connectivity index (χ0) is 8.72. The Hall–Kier alpha value is -1.71. The number of benzene rings is 1. The van der Waals surface area contributed by atoms with Crippen molar-refractivity contribution in [3.63, 3.8) is 0 Å². The van der Waals surface area contributed by atoms with Gasteiger partial charge in [-0.1, -0.05) is 6.07 Å². The van der Waals surface area contributed by atoms with Crippen LogP contribution in [0.4, 0.5) is 5.69 Å². The van der Waals surface area contributed by atoms with Gasteiger partial charge < -0.3 is 10.7 Å². The van der Waals surface area contributed by atoms with Crippen LogP contribution in [0.1, 0.15) is 0 Å². The molecule has 0 fully saturated rings. The Bertz CT molecular complexity index is 480. The monoisotopic (exact) mass is 163 g/mol. The number of aromatic amines is 1. The van der Waals surface area contributed by atoms with Crippen molar-refractivity contribution in [1.82, 2.24) is 9.55 Å². The molecular weight excluding hydrogens is 154 g/mol. The van der Waals surface area contributed by atoms with Crippen LogP contribution in [0.15, 0.2) is 23.0 Å². The molecule has 0 saturated carbocycles. The fourth-order valence-electron chi connectivity index (χ4n) is 1.34. The van der Waals surface area contributed by atoms with Gasteiger partial charge in [0.2, 0.25) is 0 Å². The second-order valence-electron chi connectivity index (χ2n) is 2.73. The van der Waals surface area contributed by atoms with Gasteiger partial charge in [0.25, 0.3) is 0 Å². The van der Waals surface area contributed by atoms with Gasteiger partial charge in [-0.2, -0.15) is 0 Å². The van der Waals surface area contributed by atoms with Gasteiger partial charge in [-0.3, -0.25) is 4.57 Å². The van der Waals surface area contributed by atoms with Crippen LogP contribution < -0.4 is 11.4 Å². The first-order valence-corrected chi connectivity index (χ1v) is 3.63. The number of hydrogen-bond donors (Lipinski definition) is 2. The third kappa shape index (κ3) is 0.747. The lowest BCUT2D eigenvalue weighted by atomic mass is 10.3. The Kier molecular flexibility index (Phi) is 1.24. The van der Waals surface area contributed by atoms with Crippen LogP contribution in [-0.4, -0.2) is 9.55 Å². The summed E-state index contributed by atoms with van der Waals surface area (Å²) in [5.74, 6) is 0. The lowest BCUT2D eigenvalue weighted by molar-refractivity contribution is 0.892. The lowest BCUT2D eigenvalue weighted by Crippen LogP contribution is -2.12. The zero-order valence-electron chi connectivity index (χ0n) is 6.66. The Morgan fingerprint density at radius 3 is 2.92 bits per heavy atom. The molecule has 0 aliphatic rings. The Balaban J connectivity index is 3.07. The molecule has 4 nitrogen and oxygen atoms in total. The van der Waals surface area contributed by atoms with Gasteiger partial charge in [-0.15, -0.1) is 0 Å². The number of anilines is 1. The molecule has 0 radical (unpaired) electrons. The van der Waals surface area contributed by atoms with Gasteiger partial charge in [0.05, 0.1) is 16.7 Å². The highest BCUT2D eigenvalue weighted by Gasteiger charge is 2.04. The highest BCUT2D eigenvalue weighted by atomic mass is 16.1. The van der Waals surface area contributed by atoms with E-state index < -0.39 is 0 Å². The second kappa shape index (κ2) is 2.14. The Morgan fingerprint density at radius 2 is 2.25 bits per heavy atom. The topological polar surface area (TPSA) is 63.8 Å². The highest BCUT2D eigenvalue weighted by molar-refractivity contribution is 5.86. The number of imidazole rings is 1. The fourth-order valence-corrected chi connectivity index (χ4v) is 1.34. The van der Waals surface area contributed by atoms with E-state index in [-0.39, 0.29) is 5.69 Å². The highest BCUT2D eigenvalue weighted by Crippen LogP contribution is 2.15. The average molecular weight is 163 g/mol. The summed E-state index contributed by atoms with van der Waals surface area (Å²) in [5, 5.41) is 0. The second-order valence-corrected chi connectivity index (χ2v) is 2.73. The number of nitrogen functional groups attached to an aromatic ring is 1. The molecule has 0 atom stereocenters. The van der Waals surface area contributed by atoms with E-state index in [1.807, 2.05) is 12.1 Å². The molecule has 0 aliphatic carbocycles. The molecule has 1 aromatic heterocycles. The van der Waals surface area contributed by atoms with Crippen molar-refractivity contribution in [2.45, 2.75) is 0 Å². The molecule has 2 aromatic rings. The Labute approximate surface area is 68.6 Å². The summed E-state index contributed by atoms with van der Waals surface area (Å²) >= 11 is 0. The summed E-state index contributed by atoms with van der Waals surface area (Å²) in [6.07, 6.45) is 0. The third-order valence-electron chi connectivity index (χ3n) is 1.95. The zero-order valence-corrected chi connectivity index (χ0v) is 6.66. The molecule has 0 aliphatic heterocycles. The van der Waals surface area contributed by atoms with Crippen LogP contribution >= 0.6 is 0 Å². The van der Waals surface area contributed by atoms with E-state index >= 15 is 0 Å². The van der Waals surface area contributed by atoms with Crippen molar-refractivity contribution >= 4 is 16.7 Å². The molecule has 2 rings (SSSR count). The number of hydrogen-bond acceptors (Lipinski definition) is 2. The number of aryl methyl sites for hydroxylation is 1. The molecule has 0 bridgehead atoms. The molecular formula is C8H9N3O. The fraction of sp³-hybridized carbons (Fsp3) is 0.125. The van der Waals surface area contributed by atoms with Crippen LogP contribution in [0.3, 0.4) is 0 Å². The van der Waals surface area contributed by atoms with E-state index in [1.165, 1.54) is 4.57 Å². The van der Waals surface area contributed by atoms with Crippen LogP contribution in [0.25, 0.3) is 11.0 Å². The molecule has 1 aromatic carbocycles. The van der Waals surface area contributed by atoms with Crippen molar-refractivity contribution in [1.29, 1.82) is 0 Å². The molecule has 3 N–H and O–H groups in total. The first-order chi connectivity index (χ1) is 5.70. The molecule has 0 unspecified atom stereocenters. The summed E-state index contributed by atoms with van der Waals surface area (Å²) in [6, 6.07) is 5.41. The number of H-pyrrole nitrogens is 1. The molecule has 62 valence electrons. The maximum Gasteiger partial charge on any atom is 0.326 e. The normalized spacial score (nSPS) is 10.8. The molecule has 1 heterocycles. The summed E-state index contributed by atoms with van der Waals surface area (Å²) in [4.78, 5) is 13.8. The van der Waals surface area contributed by atoms with Gasteiger partial charge >= 0.3 is 5.69 Å². The maximum atomic E-state index is 11.1. The van der Waals surface area contributed by atoms with Crippen molar-refractivity contribution in [3.05, 3.63) is 28.7 Å². The maximum absolute atomic E-state index is 11.1. The standard InChI is InChI=1S/C8H9N3O/c1-11-7-5(9)3-2-4-6(7)10-8(11)12/h2-4H,9H2,1H3,(H,10,12). The number of nitrogens with one attached hydrogen (secondary N) is 1. The van der Waals surface area contributed by atoms with E-state index in [1.54, 1.807) is 13.1 Å². The predicted molar refractivity (Wildman–Crippen MR) is 48.0 cm³/mol. The molecule has 0 amide bonds. The minimum atomic E-state index is -0.136. The minimum absolute atomic E-state index is 0.136. The van der Waals surface area contributed by atoms with E-state index in [9.17, 15) is 4.79 Å². The number of nitrogens with zero attached hydrogens (tertiary/aromatic N) is 1. The van der Waals surface area contributed by atoms with Gasteiger partial charge in [0, 0.05) is 7.05 Å². The lowest BCUT2D eigenvalue weighted by Gasteiger charge is -1.96. The van der Waals surface area contributed by atoms with Crippen LogP contribution in [0.5, 0.6) is 0 Å². The predicted octanol–water partition coefficient (Wildman–Crippen LogP) is 0.449. The van der Waals surface area contributed by atoms with E-state index in [4.69, 9.17) is 5.73 Å². The number of rotatable bonds is 0. The van der Waals surface area contributed by atoms with E-state index in [0.29, 0.717) is 5.69 Å². The minimum Gasteiger partial charge on any atom is -0.397 e. The summed E-state index contributed by atoms with van der Waals surface area (Å²) in [5.41, 5.74) is 7.72. The number of fused-ring (bicyclic) bond motifs is 1. The molecule has 0 saturated heterocycles. The van der Waals surface area contributed by atoms with Crippen molar-refractivity contribution in [2.75, 3.05) is 5.73 Å². The SMILES string of the molecule is Cn1c(=O)[nH]c2cccc(N)c21. The number of aromatic nitrogens is 2. The van der Waals surface area contributed by atoms with Crippen LogP contribution in [-0.2, 0) is 7.05 Å². The van der Waals surface area contributed by atoms with E-state index in [2.05, 4.69) is 4.98 Å². The summed E-state index contributed by atoms with van der Waals surface area (Å²) < 4.78 is 1.50. The number of para-hydroxylation sites is 1. The third-order valence-corrected chi connectivity index (χ3v) is 1.95. The van der Waals surface area contributed by atoms with Gasteiger partial charge in [0.1, 0.15) is 0 Å². The van der Waals surface area contributed by atoms with Crippen molar-refractivity contribution in [3.8, 4) is 0 Å². The quantitative estimate of drug-likeness (QED) is 0.554. The summed E-state index contributed by atoms with van der Waals surface area (Å²) in [7, 11) is 1.69. The van der Waals surface area contributed by atoms with Crippen molar-refractivity contribution < 1.29 is 0 Å². The average Bonchev–Trinajstić information content (AvgIpc) is 2.29. The van der Waals surface area contributed by atoms with Crippen molar-refractivity contribution in [2.24, 2.45) is 7.05 Å². The smallest absolute Gasteiger partial charge is 0.326 e. The first-order valence-electron chi connectivity index (χ1n) is 3.63. The van der Waals surface area contributed by atoms with E-state index in [0.717, 1.165) is 11.0 Å². The van der Waals surface area contributed by atoms with Gasteiger partial charge in [-0.25, -0.2) is 4.79 Å². The van der Waals surface area contributed by atoms with Crippen LogP contribution in [0, 0.1) is 0 Å². The molecule has 0 spiro atoms. The van der Waals surface area contributed by atoms with Gasteiger partial charge in [0.15, 0.2) is 0 Å². The van der Waals surface area contributed by atoms with Gasteiger partial charge in [-0.05, 0) is 12.1 Å². The largest absolute Gasteiger partial charge is 0.397 e. The first kappa shape index (κ1) is 6.97. The Morgan fingerprint density at radius 1 is 1.50 bits per heavy atom. The molecule has 4 heteroatoms. The number of nitrogens with two attached hydrogens (primary N) is 1. The molecule has 12 heavy (non-hydrogen) atoms.